The number of hydrogen-bond donors (Lipinski definition) is 1. The zero-order valence-electron chi connectivity index (χ0n) is 16.5. The smallest absolute Gasteiger partial charge is 0.259 e. The molecular formula is C23H25N3O2. The number of nitrogens with zero attached hydrogens (tertiary/aromatic N) is 2. The molecule has 0 atom stereocenters. The van der Waals surface area contributed by atoms with Gasteiger partial charge >= 0.3 is 0 Å². The van der Waals surface area contributed by atoms with Crippen LogP contribution in [0.15, 0.2) is 66.9 Å². The van der Waals surface area contributed by atoms with E-state index in [1.807, 2.05) is 69.3 Å². The number of carbonyl (C=O) groups is 1. The maximum absolute atomic E-state index is 12.9. The molecule has 2 aromatic carbocycles. The Morgan fingerprint density at radius 1 is 1.07 bits per heavy atom. The van der Waals surface area contributed by atoms with Gasteiger partial charge in [-0.25, -0.2) is 4.98 Å². The number of aromatic nitrogens is 1. The number of anilines is 3. The van der Waals surface area contributed by atoms with Crippen molar-refractivity contribution in [2.75, 3.05) is 23.4 Å². The average Bonchev–Trinajstić information content (AvgIpc) is 2.71. The molecule has 5 heteroatoms. The van der Waals surface area contributed by atoms with Crippen molar-refractivity contribution in [3.05, 3.63) is 78.0 Å². The van der Waals surface area contributed by atoms with Crippen molar-refractivity contribution in [3.8, 4) is 5.75 Å². The van der Waals surface area contributed by atoms with Crippen LogP contribution in [0.25, 0.3) is 0 Å². The number of hydrogen-bond acceptors (Lipinski definition) is 4. The van der Waals surface area contributed by atoms with Crippen LogP contribution in [0.5, 0.6) is 5.75 Å². The molecule has 144 valence electrons. The standard InChI is InChI=1S/C23H25N3O2/c1-4-26(19-10-8-9-17(3)15-19)23(27)18-13-14-22(24-16-18)25-20-11-6-7-12-21(20)28-5-2/h6-16H,4-5H2,1-3H3,(H,24,25). The maximum atomic E-state index is 12.9. The number of rotatable bonds is 7. The Hall–Kier alpha value is -3.34. The maximum Gasteiger partial charge on any atom is 0.259 e. The Morgan fingerprint density at radius 3 is 2.57 bits per heavy atom. The molecule has 3 aromatic rings. The third-order valence-corrected chi connectivity index (χ3v) is 4.33. The molecule has 0 spiro atoms. The van der Waals surface area contributed by atoms with Crippen LogP contribution in [0.3, 0.4) is 0 Å². The van der Waals surface area contributed by atoms with E-state index in [1.165, 1.54) is 0 Å². The van der Waals surface area contributed by atoms with Gasteiger partial charge in [-0.1, -0.05) is 24.3 Å². The SMILES string of the molecule is CCOc1ccccc1Nc1ccc(C(=O)N(CC)c2cccc(C)c2)cn1. The average molecular weight is 375 g/mol. The van der Waals surface area contributed by atoms with Crippen LogP contribution in [-0.2, 0) is 0 Å². The normalized spacial score (nSPS) is 10.4. The van der Waals surface area contributed by atoms with Crippen molar-refractivity contribution < 1.29 is 9.53 Å². The Kier molecular flexibility index (Phi) is 6.27. The topological polar surface area (TPSA) is 54.5 Å². The predicted molar refractivity (Wildman–Crippen MR) is 114 cm³/mol. The molecule has 0 fully saturated rings. The molecule has 28 heavy (non-hydrogen) atoms. The summed E-state index contributed by atoms with van der Waals surface area (Å²) < 4.78 is 5.62. The van der Waals surface area contributed by atoms with Gasteiger partial charge < -0.3 is 15.0 Å². The van der Waals surface area contributed by atoms with E-state index < -0.39 is 0 Å². The van der Waals surface area contributed by atoms with Crippen LogP contribution < -0.4 is 15.0 Å². The lowest BCUT2D eigenvalue weighted by molar-refractivity contribution is 0.0988. The zero-order valence-corrected chi connectivity index (χ0v) is 16.5. The lowest BCUT2D eigenvalue weighted by atomic mass is 10.1. The van der Waals surface area contributed by atoms with E-state index in [1.54, 1.807) is 23.2 Å². The number of benzene rings is 2. The van der Waals surface area contributed by atoms with Gasteiger partial charge in [0.05, 0.1) is 17.9 Å². The molecule has 5 nitrogen and oxygen atoms in total. The first-order valence-electron chi connectivity index (χ1n) is 9.45. The molecular weight excluding hydrogens is 350 g/mol. The fourth-order valence-corrected chi connectivity index (χ4v) is 2.98. The number of carbonyl (C=O) groups excluding carboxylic acids is 1. The molecule has 0 bridgehead atoms. The predicted octanol–water partition coefficient (Wildman–Crippen LogP) is 5.20. The summed E-state index contributed by atoms with van der Waals surface area (Å²) in [6, 6.07) is 19.2. The summed E-state index contributed by atoms with van der Waals surface area (Å²) in [6.07, 6.45) is 1.60. The second-order valence-electron chi connectivity index (χ2n) is 6.37. The first-order chi connectivity index (χ1) is 13.6. The second kappa shape index (κ2) is 9.04. The van der Waals surface area contributed by atoms with E-state index in [4.69, 9.17) is 4.74 Å². The molecule has 1 amide bonds. The van der Waals surface area contributed by atoms with E-state index in [2.05, 4.69) is 10.3 Å². The molecule has 0 aliphatic heterocycles. The first kappa shape index (κ1) is 19.4. The molecule has 0 radical (unpaired) electrons. The van der Waals surface area contributed by atoms with Gasteiger partial charge in [-0.05, 0) is 62.7 Å². The highest BCUT2D eigenvalue weighted by Crippen LogP contribution is 2.27. The van der Waals surface area contributed by atoms with Crippen molar-refractivity contribution in [1.82, 2.24) is 4.98 Å². The second-order valence-corrected chi connectivity index (χ2v) is 6.37. The van der Waals surface area contributed by atoms with Crippen LogP contribution in [0, 0.1) is 6.92 Å². The fourth-order valence-electron chi connectivity index (χ4n) is 2.98. The van der Waals surface area contributed by atoms with Crippen LogP contribution in [0.2, 0.25) is 0 Å². The molecule has 0 saturated heterocycles. The third kappa shape index (κ3) is 4.49. The van der Waals surface area contributed by atoms with Crippen molar-refractivity contribution in [2.24, 2.45) is 0 Å². The molecule has 0 unspecified atom stereocenters. The Bertz CT molecular complexity index is 939. The van der Waals surface area contributed by atoms with Crippen molar-refractivity contribution in [3.63, 3.8) is 0 Å². The van der Waals surface area contributed by atoms with Crippen LogP contribution >= 0.6 is 0 Å². The number of amides is 1. The van der Waals surface area contributed by atoms with Gasteiger partial charge in [0.15, 0.2) is 0 Å². The van der Waals surface area contributed by atoms with Gasteiger partial charge in [0.25, 0.3) is 5.91 Å². The van der Waals surface area contributed by atoms with Gasteiger partial charge in [-0.2, -0.15) is 0 Å². The van der Waals surface area contributed by atoms with E-state index in [9.17, 15) is 4.79 Å². The highest BCUT2D eigenvalue weighted by molar-refractivity contribution is 6.06. The number of ether oxygens (including phenoxy) is 1. The summed E-state index contributed by atoms with van der Waals surface area (Å²) in [7, 11) is 0. The summed E-state index contributed by atoms with van der Waals surface area (Å²) in [5.41, 5.74) is 3.40. The van der Waals surface area contributed by atoms with Gasteiger partial charge in [0.1, 0.15) is 11.6 Å². The van der Waals surface area contributed by atoms with Crippen LogP contribution in [0.1, 0.15) is 29.8 Å². The highest BCUT2D eigenvalue weighted by atomic mass is 16.5. The Balaban J connectivity index is 1.77. The third-order valence-electron chi connectivity index (χ3n) is 4.33. The summed E-state index contributed by atoms with van der Waals surface area (Å²) >= 11 is 0. The molecule has 3 rings (SSSR count). The summed E-state index contributed by atoms with van der Waals surface area (Å²) in [4.78, 5) is 19.1. The summed E-state index contributed by atoms with van der Waals surface area (Å²) in [5.74, 6) is 1.35. The number of pyridine rings is 1. The molecule has 1 heterocycles. The molecule has 1 aromatic heterocycles. The van der Waals surface area contributed by atoms with Crippen molar-refractivity contribution in [2.45, 2.75) is 20.8 Å². The fraction of sp³-hybridized carbons (Fsp3) is 0.217. The van der Waals surface area contributed by atoms with Gasteiger partial charge in [-0.15, -0.1) is 0 Å². The van der Waals surface area contributed by atoms with Gasteiger partial charge in [0.2, 0.25) is 0 Å². The van der Waals surface area contributed by atoms with E-state index in [-0.39, 0.29) is 5.91 Å². The summed E-state index contributed by atoms with van der Waals surface area (Å²) in [6.45, 7) is 7.11. The highest BCUT2D eigenvalue weighted by Gasteiger charge is 2.16. The lowest BCUT2D eigenvalue weighted by Crippen LogP contribution is -2.30. The first-order valence-corrected chi connectivity index (χ1v) is 9.45. The Labute approximate surface area is 166 Å². The Morgan fingerprint density at radius 2 is 1.89 bits per heavy atom. The van der Waals surface area contributed by atoms with E-state index >= 15 is 0 Å². The minimum Gasteiger partial charge on any atom is -0.492 e. The van der Waals surface area contributed by atoms with Crippen molar-refractivity contribution >= 4 is 23.1 Å². The van der Waals surface area contributed by atoms with E-state index in [0.29, 0.717) is 24.5 Å². The number of aryl methyl sites for hydroxylation is 1. The van der Waals surface area contributed by atoms with Gasteiger partial charge in [-0.3, -0.25) is 4.79 Å². The van der Waals surface area contributed by atoms with Crippen LogP contribution in [0.4, 0.5) is 17.2 Å². The number of para-hydroxylation sites is 2. The largest absolute Gasteiger partial charge is 0.492 e. The molecule has 1 N–H and O–H groups in total. The van der Waals surface area contributed by atoms with Crippen LogP contribution in [-0.4, -0.2) is 24.0 Å². The molecule has 0 saturated carbocycles. The minimum atomic E-state index is -0.0677. The quantitative estimate of drug-likeness (QED) is 0.617. The zero-order chi connectivity index (χ0) is 19.9. The molecule has 0 aliphatic carbocycles. The molecule has 0 aliphatic rings. The van der Waals surface area contributed by atoms with E-state index in [0.717, 1.165) is 22.7 Å². The van der Waals surface area contributed by atoms with Gasteiger partial charge in [0, 0.05) is 18.4 Å². The lowest BCUT2D eigenvalue weighted by Gasteiger charge is -2.21. The minimum absolute atomic E-state index is 0.0677. The monoisotopic (exact) mass is 375 g/mol. The number of nitrogens with one attached hydrogen (secondary N) is 1. The summed E-state index contributed by atoms with van der Waals surface area (Å²) in [5, 5.41) is 3.24. The van der Waals surface area contributed by atoms with Crippen molar-refractivity contribution in [1.29, 1.82) is 0 Å².